The van der Waals surface area contributed by atoms with E-state index in [1.54, 1.807) is 20.8 Å². The van der Waals surface area contributed by atoms with Crippen molar-refractivity contribution in [2.24, 2.45) is 0 Å². The average molecular weight is 261 g/mol. The zero-order chi connectivity index (χ0) is 14.5. The zero-order valence-corrected chi connectivity index (χ0v) is 11.1. The van der Waals surface area contributed by atoms with Crippen LogP contribution in [-0.4, -0.2) is 40.9 Å². The first-order valence-corrected chi connectivity index (χ1v) is 5.42. The Morgan fingerprint density at radius 1 is 1.22 bits per heavy atom. The van der Waals surface area contributed by atoms with Gasteiger partial charge in [-0.05, 0) is 27.7 Å². The van der Waals surface area contributed by atoms with E-state index in [4.69, 9.17) is 14.6 Å². The first kappa shape index (κ1) is 16.2. The number of esters is 1. The van der Waals surface area contributed by atoms with Gasteiger partial charge in [0.1, 0.15) is 11.7 Å². The number of carboxylic acids is 1. The van der Waals surface area contributed by atoms with E-state index in [0.717, 1.165) is 6.92 Å². The van der Waals surface area contributed by atoms with Crippen LogP contribution in [0.15, 0.2) is 0 Å². The van der Waals surface area contributed by atoms with E-state index in [0.29, 0.717) is 0 Å². The van der Waals surface area contributed by atoms with Crippen molar-refractivity contribution in [3.05, 3.63) is 0 Å². The summed E-state index contributed by atoms with van der Waals surface area (Å²) in [5.74, 6) is -1.94. The Balaban J connectivity index is 4.59. The second kappa shape index (κ2) is 6.23. The van der Waals surface area contributed by atoms with E-state index in [9.17, 15) is 14.4 Å². The molecule has 18 heavy (non-hydrogen) atoms. The number of amides is 1. The Bertz CT molecular complexity index is 333. The molecule has 0 fully saturated rings. The van der Waals surface area contributed by atoms with Crippen molar-refractivity contribution in [1.29, 1.82) is 0 Å². The van der Waals surface area contributed by atoms with Crippen LogP contribution in [0.1, 0.15) is 34.6 Å². The Hall–Kier alpha value is -1.79. The lowest BCUT2D eigenvalue weighted by Crippen LogP contribution is -2.50. The molecule has 104 valence electrons. The van der Waals surface area contributed by atoms with E-state index in [1.165, 1.54) is 6.92 Å². The quantitative estimate of drug-likeness (QED) is 0.729. The number of alkyl carbamates (subject to hydrolysis) is 1. The van der Waals surface area contributed by atoms with Gasteiger partial charge in [-0.3, -0.25) is 4.79 Å². The molecule has 0 radical (unpaired) electrons. The Kier molecular flexibility index (Phi) is 5.61. The maximum atomic E-state index is 11.4. The van der Waals surface area contributed by atoms with E-state index in [2.05, 4.69) is 5.32 Å². The predicted octanol–water partition coefficient (Wildman–Crippen LogP) is 0.916. The van der Waals surface area contributed by atoms with Gasteiger partial charge >= 0.3 is 18.0 Å². The van der Waals surface area contributed by atoms with Crippen LogP contribution in [0.25, 0.3) is 0 Å². The minimum atomic E-state index is -1.36. The Labute approximate surface area is 105 Å². The molecule has 2 atom stereocenters. The van der Waals surface area contributed by atoms with Crippen LogP contribution in [0.3, 0.4) is 0 Å². The van der Waals surface area contributed by atoms with Gasteiger partial charge in [-0.15, -0.1) is 0 Å². The summed E-state index contributed by atoms with van der Waals surface area (Å²) in [5, 5.41) is 11.1. The molecule has 0 aromatic carbocycles. The van der Waals surface area contributed by atoms with Gasteiger partial charge in [-0.2, -0.15) is 0 Å². The van der Waals surface area contributed by atoms with Crippen LogP contribution in [0.5, 0.6) is 0 Å². The maximum absolute atomic E-state index is 11.4. The molecule has 0 aliphatic rings. The van der Waals surface area contributed by atoms with Crippen LogP contribution < -0.4 is 5.32 Å². The predicted molar refractivity (Wildman–Crippen MR) is 62.0 cm³/mol. The topological polar surface area (TPSA) is 102 Å². The smallest absolute Gasteiger partial charge is 0.408 e. The van der Waals surface area contributed by atoms with E-state index in [-0.39, 0.29) is 0 Å². The van der Waals surface area contributed by atoms with E-state index in [1.807, 2.05) is 0 Å². The summed E-state index contributed by atoms with van der Waals surface area (Å²) in [5.41, 5.74) is -0.738. The minimum absolute atomic E-state index is 0.625. The Morgan fingerprint density at radius 2 is 1.72 bits per heavy atom. The first-order valence-electron chi connectivity index (χ1n) is 5.42. The molecule has 0 aliphatic carbocycles. The molecule has 0 aliphatic heterocycles. The SMILES string of the molecule is CC(=O)O[C@H](C)C(NC(=O)OC(C)(C)C)C(=O)O. The summed E-state index contributed by atoms with van der Waals surface area (Å²) in [7, 11) is 0. The molecular weight excluding hydrogens is 242 g/mol. The molecule has 1 unspecified atom stereocenters. The zero-order valence-electron chi connectivity index (χ0n) is 11.1. The van der Waals surface area contributed by atoms with Crippen molar-refractivity contribution < 1.29 is 29.0 Å². The van der Waals surface area contributed by atoms with E-state index < -0.39 is 35.8 Å². The van der Waals surface area contributed by atoms with Gasteiger partial charge in [-0.1, -0.05) is 0 Å². The molecule has 0 saturated carbocycles. The number of carboxylic acid groups (broad SMARTS) is 1. The third-order valence-corrected chi connectivity index (χ3v) is 1.76. The van der Waals surface area contributed by atoms with Crippen LogP contribution in [-0.2, 0) is 19.1 Å². The number of aliphatic carboxylic acids is 1. The fourth-order valence-electron chi connectivity index (χ4n) is 1.14. The third kappa shape index (κ3) is 6.72. The maximum Gasteiger partial charge on any atom is 0.408 e. The van der Waals surface area contributed by atoms with Gasteiger partial charge in [0.2, 0.25) is 0 Å². The molecule has 0 saturated heterocycles. The number of carbonyl (C=O) groups excluding carboxylic acids is 2. The highest BCUT2D eigenvalue weighted by Gasteiger charge is 2.30. The molecule has 0 spiro atoms. The van der Waals surface area contributed by atoms with Crippen LogP contribution in [0.4, 0.5) is 4.79 Å². The van der Waals surface area contributed by atoms with Gasteiger partial charge in [-0.25, -0.2) is 9.59 Å². The lowest BCUT2D eigenvalue weighted by Gasteiger charge is -2.24. The summed E-state index contributed by atoms with van der Waals surface area (Å²) in [6.45, 7) is 7.48. The highest BCUT2D eigenvalue weighted by molar-refractivity contribution is 5.81. The lowest BCUT2D eigenvalue weighted by molar-refractivity contribution is -0.152. The minimum Gasteiger partial charge on any atom is -0.480 e. The largest absolute Gasteiger partial charge is 0.480 e. The standard InChI is InChI=1S/C11H19NO6/c1-6(17-7(2)13)8(9(14)15)12-10(16)18-11(3,4)5/h6,8H,1-5H3,(H,12,16)(H,14,15)/t6-,8?/m1/s1. The van der Waals surface area contributed by atoms with Crippen molar-refractivity contribution in [2.45, 2.75) is 52.4 Å². The monoisotopic (exact) mass is 261 g/mol. The van der Waals surface area contributed by atoms with Crippen molar-refractivity contribution in [3.63, 3.8) is 0 Å². The molecular formula is C11H19NO6. The van der Waals surface area contributed by atoms with Crippen LogP contribution >= 0.6 is 0 Å². The first-order chi connectivity index (χ1) is 8.03. The molecule has 0 rings (SSSR count). The van der Waals surface area contributed by atoms with Gasteiger partial charge in [0.15, 0.2) is 6.04 Å². The Morgan fingerprint density at radius 3 is 2.06 bits per heavy atom. The second-order valence-electron chi connectivity index (χ2n) is 4.78. The molecule has 0 aromatic rings. The number of hydrogen-bond acceptors (Lipinski definition) is 5. The van der Waals surface area contributed by atoms with Gasteiger partial charge < -0.3 is 19.9 Å². The molecule has 7 nitrogen and oxygen atoms in total. The molecule has 2 N–H and O–H groups in total. The summed E-state index contributed by atoms with van der Waals surface area (Å²) in [6, 6.07) is -1.36. The highest BCUT2D eigenvalue weighted by atomic mass is 16.6. The second-order valence-corrected chi connectivity index (χ2v) is 4.78. The summed E-state index contributed by atoms with van der Waals surface area (Å²) >= 11 is 0. The fraction of sp³-hybridized carbons (Fsp3) is 0.727. The summed E-state index contributed by atoms with van der Waals surface area (Å²) in [6.07, 6.45) is -1.87. The number of nitrogens with one attached hydrogen (secondary N) is 1. The van der Waals surface area contributed by atoms with Crippen LogP contribution in [0, 0.1) is 0 Å². The molecule has 1 amide bonds. The number of carbonyl (C=O) groups is 3. The molecule has 0 aromatic heterocycles. The summed E-state index contributed by atoms with van der Waals surface area (Å²) < 4.78 is 9.63. The van der Waals surface area contributed by atoms with E-state index >= 15 is 0 Å². The molecule has 0 bridgehead atoms. The normalized spacial score (nSPS) is 14.3. The van der Waals surface area contributed by atoms with Crippen molar-refractivity contribution in [3.8, 4) is 0 Å². The number of rotatable bonds is 4. The average Bonchev–Trinajstić information content (AvgIpc) is 2.09. The summed E-state index contributed by atoms with van der Waals surface area (Å²) in [4.78, 5) is 33.1. The third-order valence-electron chi connectivity index (χ3n) is 1.76. The van der Waals surface area contributed by atoms with Gasteiger partial charge in [0, 0.05) is 6.92 Å². The fourth-order valence-corrected chi connectivity index (χ4v) is 1.14. The molecule has 0 heterocycles. The van der Waals surface area contributed by atoms with Gasteiger partial charge in [0.25, 0.3) is 0 Å². The van der Waals surface area contributed by atoms with Crippen molar-refractivity contribution in [2.75, 3.05) is 0 Å². The van der Waals surface area contributed by atoms with Crippen molar-refractivity contribution in [1.82, 2.24) is 5.32 Å². The highest BCUT2D eigenvalue weighted by Crippen LogP contribution is 2.08. The lowest BCUT2D eigenvalue weighted by atomic mass is 10.2. The number of hydrogen-bond donors (Lipinski definition) is 2. The van der Waals surface area contributed by atoms with Crippen LogP contribution in [0.2, 0.25) is 0 Å². The van der Waals surface area contributed by atoms with Crippen molar-refractivity contribution >= 4 is 18.0 Å². The van der Waals surface area contributed by atoms with Gasteiger partial charge in [0.05, 0.1) is 0 Å². The number of ether oxygens (including phenoxy) is 2. The molecule has 7 heteroatoms.